The molecule has 74 valence electrons. The van der Waals surface area contributed by atoms with Crippen LogP contribution in [-0.4, -0.2) is 12.1 Å². The SMILES string of the molecule is CC(=O)OC1c2ccccc2OC1C. The first-order chi connectivity index (χ1) is 6.68. The fourth-order valence-corrected chi connectivity index (χ4v) is 1.68. The zero-order valence-corrected chi connectivity index (χ0v) is 8.19. The van der Waals surface area contributed by atoms with Crippen molar-refractivity contribution in [3.05, 3.63) is 29.8 Å². The zero-order chi connectivity index (χ0) is 10.1. The predicted molar refractivity (Wildman–Crippen MR) is 51.0 cm³/mol. The highest BCUT2D eigenvalue weighted by molar-refractivity contribution is 5.66. The van der Waals surface area contributed by atoms with Crippen LogP contribution in [0.4, 0.5) is 0 Å². The number of rotatable bonds is 1. The van der Waals surface area contributed by atoms with Gasteiger partial charge < -0.3 is 9.47 Å². The van der Waals surface area contributed by atoms with Gasteiger partial charge in [-0.15, -0.1) is 0 Å². The summed E-state index contributed by atoms with van der Waals surface area (Å²) in [6, 6.07) is 7.63. The summed E-state index contributed by atoms with van der Waals surface area (Å²) < 4.78 is 10.7. The number of hydrogen-bond donors (Lipinski definition) is 0. The maximum Gasteiger partial charge on any atom is 0.303 e. The number of carbonyl (C=O) groups is 1. The molecule has 0 radical (unpaired) electrons. The summed E-state index contributed by atoms with van der Waals surface area (Å²) in [7, 11) is 0. The Morgan fingerprint density at radius 2 is 2.14 bits per heavy atom. The quantitative estimate of drug-likeness (QED) is 0.639. The minimum absolute atomic E-state index is 0.101. The van der Waals surface area contributed by atoms with E-state index in [2.05, 4.69) is 0 Å². The lowest BCUT2D eigenvalue weighted by Gasteiger charge is -2.14. The molecule has 0 aromatic heterocycles. The molecule has 0 bridgehead atoms. The number of benzene rings is 1. The Balaban J connectivity index is 2.30. The molecule has 3 nitrogen and oxygen atoms in total. The molecule has 1 heterocycles. The highest BCUT2D eigenvalue weighted by Crippen LogP contribution is 2.38. The Kier molecular flexibility index (Phi) is 2.15. The molecule has 1 aromatic carbocycles. The van der Waals surface area contributed by atoms with Gasteiger partial charge in [-0.1, -0.05) is 18.2 Å². The molecule has 0 saturated heterocycles. The summed E-state index contributed by atoms with van der Waals surface area (Å²) in [5.74, 6) is 0.536. The Morgan fingerprint density at radius 3 is 2.86 bits per heavy atom. The van der Waals surface area contributed by atoms with Gasteiger partial charge in [0.1, 0.15) is 11.9 Å². The second-order valence-corrected chi connectivity index (χ2v) is 3.39. The van der Waals surface area contributed by atoms with Gasteiger partial charge in [-0.05, 0) is 13.0 Å². The third kappa shape index (κ3) is 1.45. The summed E-state index contributed by atoms with van der Waals surface area (Å²) in [4.78, 5) is 10.9. The molecule has 0 fully saturated rings. The van der Waals surface area contributed by atoms with E-state index in [-0.39, 0.29) is 18.2 Å². The Labute approximate surface area is 82.6 Å². The van der Waals surface area contributed by atoms with Crippen LogP contribution in [0.1, 0.15) is 25.5 Å². The molecule has 1 aromatic rings. The molecule has 0 saturated carbocycles. The third-order valence-corrected chi connectivity index (χ3v) is 2.26. The Hall–Kier alpha value is -1.51. The van der Waals surface area contributed by atoms with Crippen LogP contribution in [0.5, 0.6) is 5.75 Å². The van der Waals surface area contributed by atoms with Gasteiger partial charge in [0.25, 0.3) is 0 Å². The van der Waals surface area contributed by atoms with Crippen LogP contribution >= 0.6 is 0 Å². The molecular formula is C11H12O3. The zero-order valence-electron chi connectivity index (χ0n) is 8.19. The van der Waals surface area contributed by atoms with E-state index in [9.17, 15) is 4.79 Å². The van der Waals surface area contributed by atoms with E-state index in [1.54, 1.807) is 0 Å². The van der Waals surface area contributed by atoms with Crippen LogP contribution in [-0.2, 0) is 9.53 Å². The van der Waals surface area contributed by atoms with Crippen LogP contribution in [0.3, 0.4) is 0 Å². The molecule has 0 amide bonds. The molecule has 2 rings (SSSR count). The van der Waals surface area contributed by atoms with E-state index in [1.807, 2.05) is 31.2 Å². The highest BCUT2D eigenvalue weighted by atomic mass is 16.6. The number of esters is 1. The van der Waals surface area contributed by atoms with E-state index < -0.39 is 0 Å². The molecule has 2 atom stereocenters. The lowest BCUT2D eigenvalue weighted by atomic mass is 10.1. The lowest BCUT2D eigenvalue weighted by molar-refractivity contribution is -0.149. The predicted octanol–water partition coefficient (Wildman–Crippen LogP) is 2.07. The minimum atomic E-state index is -0.276. The number of fused-ring (bicyclic) bond motifs is 1. The van der Waals surface area contributed by atoms with Crippen molar-refractivity contribution in [1.29, 1.82) is 0 Å². The molecule has 0 spiro atoms. The van der Waals surface area contributed by atoms with Crippen molar-refractivity contribution in [2.24, 2.45) is 0 Å². The van der Waals surface area contributed by atoms with Gasteiger partial charge in [-0.2, -0.15) is 0 Å². The van der Waals surface area contributed by atoms with E-state index >= 15 is 0 Å². The molecule has 1 aliphatic heterocycles. The van der Waals surface area contributed by atoms with Crippen molar-refractivity contribution in [1.82, 2.24) is 0 Å². The summed E-state index contributed by atoms with van der Waals surface area (Å²) in [6.07, 6.45) is -0.361. The standard InChI is InChI=1S/C11H12O3/c1-7-11(14-8(2)12)9-5-3-4-6-10(9)13-7/h3-7,11H,1-2H3. The van der Waals surface area contributed by atoms with Crippen LogP contribution in [0.2, 0.25) is 0 Å². The maximum atomic E-state index is 10.9. The fourth-order valence-electron chi connectivity index (χ4n) is 1.68. The summed E-state index contributed by atoms with van der Waals surface area (Å²) >= 11 is 0. The maximum absolute atomic E-state index is 10.9. The molecule has 1 aliphatic rings. The monoisotopic (exact) mass is 192 g/mol. The number of carbonyl (C=O) groups excluding carboxylic acids is 1. The first kappa shape index (κ1) is 9.06. The smallest absolute Gasteiger partial charge is 0.303 e. The first-order valence-electron chi connectivity index (χ1n) is 4.61. The summed E-state index contributed by atoms with van der Waals surface area (Å²) in [5.41, 5.74) is 0.954. The minimum Gasteiger partial charge on any atom is -0.486 e. The van der Waals surface area contributed by atoms with Crippen molar-refractivity contribution in [3.8, 4) is 5.75 Å². The van der Waals surface area contributed by atoms with Crippen LogP contribution in [0, 0.1) is 0 Å². The van der Waals surface area contributed by atoms with Gasteiger partial charge >= 0.3 is 5.97 Å². The highest BCUT2D eigenvalue weighted by Gasteiger charge is 2.33. The molecule has 3 heteroatoms. The Morgan fingerprint density at radius 1 is 1.43 bits per heavy atom. The Bertz CT molecular complexity index is 359. The normalized spacial score (nSPS) is 23.9. The van der Waals surface area contributed by atoms with Crippen LogP contribution in [0.15, 0.2) is 24.3 Å². The number of ether oxygens (including phenoxy) is 2. The van der Waals surface area contributed by atoms with E-state index in [1.165, 1.54) is 6.92 Å². The van der Waals surface area contributed by atoms with Gasteiger partial charge in [0.2, 0.25) is 0 Å². The fraction of sp³-hybridized carbons (Fsp3) is 0.364. The third-order valence-electron chi connectivity index (χ3n) is 2.26. The van der Waals surface area contributed by atoms with E-state index in [0.717, 1.165) is 11.3 Å². The number of para-hydroxylation sites is 1. The largest absolute Gasteiger partial charge is 0.486 e. The van der Waals surface area contributed by atoms with Gasteiger partial charge in [-0.25, -0.2) is 0 Å². The van der Waals surface area contributed by atoms with E-state index in [4.69, 9.17) is 9.47 Å². The molecule has 2 unspecified atom stereocenters. The topological polar surface area (TPSA) is 35.5 Å². The van der Waals surface area contributed by atoms with Crippen molar-refractivity contribution in [3.63, 3.8) is 0 Å². The average Bonchev–Trinajstić information content (AvgIpc) is 2.43. The van der Waals surface area contributed by atoms with Gasteiger partial charge in [0.05, 0.1) is 0 Å². The van der Waals surface area contributed by atoms with Crippen molar-refractivity contribution in [2.45, 2.75) is 26.1 Å². The lowest BCUT2D eigenvalue weighted by Crippen LogP contribution is -2.18. The van der Waals surface area contributed by atoms with Crippen molar-refractivity contribution in [2.75, 3.05) is 0 Å². The van der Waals surface area contributed by atoms with Crippen molar-refractivity contribution < 1.29 is 14.3 Å². The van der Waals surface area contributed by atoms with Crippen LogP contribution < -0.4 is 4.74 Å². The molecular weight excluding hydrogens is 180 g/mol. The average molecular weight is 192 g/mol. The molecule has 14 heavy (non-hydrogen) atoms. The molecule has 0 aliphatic carbocycles. The summed E-state index contributed by atoms with van der Waals surface area (Å²) in [6.45, 7) is 3.31. The van der Waals surface area contributed by atoms with Crippen molar-refractivity contribution >= 4 is 5.97 Å². The second-order valence-electron chi connectivity index (χ2n) is 3.39. The molecule has 0 N–H and O–H groups in total. The first-order valence-corrected chi connectivity index (χ1v) is 4.61. The second kappa shape index (κ2) is 3.33. The van der Waals surface area contributed by atoms with Gasteiger partial charge in [0.15, 0.2) is 6.10 Å². The summed E-state index contributed by atoms with van der Waals surface area (Å²) in [5, 5.41) is 0. The van der Waals surface area contributed by atoms with Gasteiger partial charge in [-0.3, -0.25) is 4.79 Å². The number of hydrogen-bond acceptors (Lipinski definition) is 3. The van der Waals surface area contributed by atoms with Crippen LogP contribution in [0.25, 0.3) is 0 Å². The van der Waals surface area contributed by atoms with Gasteiger partial charge in [0, 0.05) is 12.5 Å². The van der Waals surface area contributed by atoms with E-state index in [0.29, 0.717) is 0 Å².